The molecule has 2 N–H and O–H groups in total. The number of aromatic nitrogens is 2. The summed E-state index contributed by atoms with van der Waals surface area (Å²) in [6, 6.07) is 15.7. The molecule has 32 heavy (non-hydrogen) atoms. The Labute approximate surface area is 185 Å². The fourth-order valence-corrected chi connectivity index (χ4v) is 3.79. The van der Waals surface area contributed by atoms with E-state index < -0.39 is 6.36 Å². The number of aryl methyl sites for hydroxylation is 1. The Hall–Kier alpha value is -3.29. The molecule has 3 aromatic rings. The van der Waals surface area contributed by atoms with E-state index in [1.165, 1.54) is 24.6 Å². The molecule has 4 rings (SSSR count). The van der Waals surface area contributed by atoms with Crippen LogP contribution in [0.25, 0.3) is 11.3 Å². The van der Waals surface area contributed by atoms with Gasteiger partial charge in [-0.25, -0.2) is 4.98 Å². The fraction of sp³-hybridized carbons (Fsp3) is 0.333. The first-order chi connectivity index (χ1) is 15.3. The van der Waals surface area contributed by atoms with Gasteiger partial charge in [0.25, 0.3) is 0 Å². The molecule has 0 atom stereocenters. The molecule has 0 radical (unpaired) electrons. The third-order valence-corrected chi connectivity index (χ3v) is 5.35. The Morgan fingerprint density at radius 2 is 1.69 bits per heavy atom. The summed E-state index contributed by atoms with van der Waals surface area (Å²) in [4.78, 5) is 9.20. The van der Waals surface area contributed by atoms with E-state index in [0.717, 1.165) is 36.9 Å². The molecular formula is C24H25F3N4O. The van der Waals surface area contributed by atoms with Gasteiger partial charge in [0.2, 0.25) is 5.95 Å². The molecule has 0 spiro atoms. The molecule has 8 heteroatoms. The van der Waals surface area contributed by atoms with Crippen molar-refractivity contribution in [3.63, 3.8) is 0 Å². The highest BCUT2D eigenvalue weighted by Gasteiger charge is 2.31. The highest BCUT2D eigenvalue weighted by atomic mass is 19.4. The molecule has 2 aromatic carbocycles. The Morgan fingerprint density at radius 1 is 0.938 bits per heavy atom. The summed E-state index contributed by atoms with van der Waals surface area (Å²) in [5.74, 6) is 0.717. The summed E-state index contributed by atoms with van der Waals surface area (Å²) in [7, 11) is 0. The second kappa shape index (κ2) is 9.46. The summed E-state index contributed by atoms with van der Waals surface area (Å²) in [6.45, 7) is 2.01. The maximum absolute atomic E-state index is 12.7. The van der Waals surface area contributed by atoms with Crippen LogP contribution in [0.4, 0.5) is 30.6 Å². The van der Waals surface area contributed by atoms with Crippen LogP contribution in [0.15, 0.2) is 54.6 Å². The van der Waals surface area contributed by atoms with Crippen molar-refractivity contribution >= 4 is 17.5 Å². The van der Waals surface area contributed by atoms with Gasteiger partial charge in [-0.15, -0.1) is 13.2 Å². The summed E-state index contributed by atoms with van der Waals surface area (Å²) in [5.41, 5.74) is 3.01. The van der Waals surface area contributed by atoms with Crippen LogP contribution in [0, 0.1) is 6.92 Å². The summed E-state index contributed by atoms with van der Waals surface area (Å²) < 4.78 is 42.1. The van der Waals surface area contributed by atoms with Crippen molar-refractivity contribution in [2.45, 2.75) is 51.4 Å². The normalized spacial score (nSPS) is 14.8. The SMILES string of the molecule is Cc1ccc(Nc2cc(-c3cccc(OC(F)(F)F)c3)nc(NC3CCCCC3)n2)cc1. The van der Waals surface area contributed by atoms with Crippen molar-refractivity contribution in [1.29, 1.82) is 0 Å². The zero-order valence-corrected chi connectivity index (χ0v) is 17.7. The lowest BCUT2D eigenvalue weighted by molar-refractivity contribution is -0.274. The van der Waals surface area contributed by atoms with Gasteiger partial charge < -0.3 is 15.4 Å². The lowest BCUT2D eigenvalue weighted by Gasteiger charge is -2.23. The van der Waals surface area contributed by atoms with E-state index in [-0.39, 0.29) is 11.8 Å². The first-order valence-electron chi connectivity index (χ1n) is 10.7. The van der Waals surface area contributed by atoms with E-state index in [9.17, 15) is 13.2 Å². The molecule has 168 valence electrons. The molecule has 1 fully saturated rings. The van der Waals surface area contributed by atoms with Gasteiger partial charge in [-0.3, -0.25) is 0 Å². The van der Waals surface area contributed by atoms with E-state index >= 15 is 0 Å². The van der Waals surface area contributed by atoms with E-state index in [1.54, 1.807) is 12.1 Å². The van der Waals surface area contributed by atoms with Gasteiger partial charge in [0.15, 0.2) is 0 Å². The minimum atomic E-state index is -4.75. The van der Waals surface area contributed by atoms with Crippen molar-refractivity contribution in [3.05, 3.63) is 60.2 Å². The fourth-order valence-electron chi connectivity index (χ4n) is 3.79. The smallest absolute Gasteiger partial charge is 0.406 e. The Kier molecular flexibility index (Phi) is 6.48. The average molecular weight is 442 g/mol. The standard InChI is InChI=1S/C24H25F3N4O/c1-16-10-12-19(13-11-16)28-22-15-21(17-6-5-9-20(14-17)32-24(25,26)27)30-23(31-22)29-18-7-3-2-4-8-18/h5-6,9-15,18H,2-4,7-8H2,1H3,(H2,28,29,30,31). The highest BCUT2D eigenvalue weighted by molar-refractivity contribution is 5.68. The first kappa shape index (κ1) is 21.9. The van der Waals surface area contributed by atoms with Crippen LogP contribution in [0.5, 0.6) is 5.75 Å². The molecule has 0 bridgehead atoms. The van der Waals surface area contributed by atoms with Gasteiger partial charge in [-0.05, 0) is 44.0 Å². The molecule has 0 unspecified atom stereocenters. The van der Waals surface area contributed by atoms with Gasteiger partial charge >= 0.3 is 6.36 Å². The van der Waals surface area contributed by atoms with Crippen LogP contribution in [-0.4, -0.2) is 22.4 Å². The zero-order chi connectivity index (χ0) is 22.6. The van der Waals surface area contributed by atoms with E-state index in [0.29, 0.717) is 23.0 Å². The first-order valence-corrected chi connectivity index (χ1v) is 10.7. The number of alkyl halides is 3. The number of hydrogen-bond donors (Lipinski definition) is 2. The van der Waals surface area contributed by atoms with Crippen LogP contribution in [-0.2, 0) is 0 Å². The van der Waals surface area contributed by atoms with Gasteiger partial charge in [-0.2, -0.15) is 4.98 Å². The largest absolute Gasteiger partial charge is 0.573 e. The molecule has 1 aliphatic carbocycles. The third kappa shape index (κ3) is 6.12. The van der Waals surface area contributed by atoms with Crippen molar-refractivity contribution in [2.75, 3.05) is 10.6 Å². The predicted molar refractivity (Wildman–Crippen MR) is 119 cm³/mol. The number of hydrogen-bond acceptors (Lipinski definition) is 5. The van der Waals surface area contributed by atoms with Crippen LogP contribution in [0.3, 0.4) is 0 Å². The monoisotopic (exact) mass is 442 g/mol. The topological polar surface area (TPSA) is 59.1 Å². The summed E-state index contributed by atoms with van der Waals surface area (Å²) >= 11 is 0. The number of nitrogens with zero attached hydrogens (tertiary/aromatic N) is 2. The lowest BCUT2D eigenvalue weighted by Crippen LogP contribution is -2.23. The van der Waals surface area contributed by atoms with Crippen molar-refractivity contribution in [1.82, 2.24) is 9.97 Å². The minimum absolute atomic E-state index is 0.283. The number of ether oxygens (including phenoxy) is 1. The van der Waals surface area contributed by atoms with Crippen molar-refractivity contribution in [3.8, 4) is 17.0 Å². The molecule has 5 nitrogen and oxygen atoms in total. The highest BCUT2D eigenvalue weighted by Crippen LogP contribution is 2.30. The van der Waals surface area contributed by atoms with E-state index in [4.69, 9.17) is 0 Å². The molecule has 0 aliphatic heterocycles. The van der Waals surface area contributed by atoms with Crippen LogP contribution < -0.4 is 15.4 Å². The Balaban J connectivity index is 1.66. The molecular weight excluding hydrogens is 417 g/mol. The molecule has 0 amide bonds. The predicted octanol–water partition coefficient (Wildman–Crippen LogP) is 6.84. The minimum Gasteiger partial charge on any atom is -0.406 e. The zero-order valence-electron chi connectivity index (χ0n) is 17.7. The second-order valence-corrected chi connectivity index (χ2v) is 8.01. The number of benzene rings is 2. The number of halogens is 3. The van der Waals surface area contributed by atoms with Gasteiger partial charge in [-0.1, -0.05) is 49.1 Å². The molecule has 1 saturated carbocycles. The maximum atomic E-state index is 12.7. The quantitative estimate of drug-likeness (QED) is 0.438. The van der Waals surface area contributed by atoms with E-state index in [1.807, 2.05) is 31.2 Å². The van der Waals surface area contributed by atoms with Crippen LogP contribution >= 0.6 is 0 Å². The average Bonchev–Trinajstić information content (AvgIpc) is 2.75. The number of nitrogens with one attached hydrogen (secondary N) is 2. The second-order valence-electron chi connectivity index (χ2n) is 8.01. The van der Waals surface area contributed by atoms with Crippen LogP contribution in [0.1, 0.15) is 37.7 Å². The maximum Gasteiger partial charge on any atom is 0.573 e. The van der Waals surface area contributed by atoms with E-state index in [2.05, 4.69) is 25.3 Å². The number of anilines is 3. The molecule has 1 heterocycles. The summed E-state index contributed by atoms with van der Waals surface area (Å²) in [6.07, 6.45) is 0.874. The molecule has 1 aromatic heterocycles. The van der Waals surface area contributed by atoms with Crippen LogP contribution in [0.2, 0.25) is 0 Å². The lowest BCUT2D eigenvalue weighted by atomic mass is 9.96. The molecule has 0 saturated heterocycles. The Bertz CT molecular complexity index is 1050. The van der Waals surface area contributed by atoms with Gasteiger partial charge in [0, 0.05) is 23.4 Å². The van der Waals surface area contributed by atoms with Crippen molar-refractivity contribution in [2.24, 2.45) is 0 Å². The Morgan fingerprint density at radius 3 is 2.41 bits per heavy atom. The van der Waals surface area contributed by atoms with Gasteiger partial charge in [0.1, 0.15) is 11.6 Å². The number of rotatable bonds is 6. The third-order valence-electron chi connectivity index (χ3n) is 5.35. The van der Waals surface area contributed by atoms with Gasteiger partial charge in [0.05, 0.1) is 5.69 Å². The van der Waals surface area contributed by atoms with Crippen molar-refractivity contribution < 1.29 is 17.9 Å². The molecule has 1 aliphatic rings. The summed E-state index contributed by atoms with van der Waals surface area (Å²) in [5, 5.41) is 6.68.